The lowest BCUT2D eigenvalue weighted by atomic mass is 10.1. The highest BCUT2D eigenvalue weighted by Crippen LogP contribution is 2.31. The van der Waals surface area contributed by atoms with Crippen LogP contribution in [-0.2, 0) is 11.8 Å². The molecule has 0 radical (unpaired) electrons. The van der Waals surface area contributed by atoms with Gasteiger partial charge >= 0.3 is 0 Å². The molecule has 4 heterocycles. The fourth-order valence-corrected chi connectivity index (χ4v) is 5.26. The molecule has 1 aliphatic rings. The second-order valence-electron chi connectivity index (χ2n) is 9.08. The van der Waals surface area contributed by atoms with Crippen molar-refractivity contribution in [2.75, 3.05) is 41.3 Å². The van der Waals surface area contributed by atoms with Crippen LogP contribution in [0.3, 0.4) is 0 Å². The number of hydrogen-bond acceptors (Lipinski definition) is 6. The molecule has 1 fully saturated rings. The van der Waals surface area contributed by atoms with Crippen LogP contribution in [0.4, 0.5) is 17.2 Å². The largest absolute Gasteiger partial charge is 0.368 e. The van der Waals surface area contributed by atoms with Crippen LogP contribution in [0.25, 0.3) is 10.4 Å². The summed E-state index contributed by atoms with van der Waals surface area (Å²) in [5.41, 5.74) is 4.98. The van der Waals surface area contributed by atoms with Crippen molar-refractivity contribution in [2.24, 2.45) is 7.05 Å². The number of pyridine rings is 1. The molecule has 0 aliphatic carbocycles. The molecule has 4 aromatic rings. The Hall–Kier alpha value is -3.91. The van der Waals surface area contributed by atoms with Gasteiger partial charge in [-0.05, 0) is 67.3 Å². The Morgan fingerprint density at radius 1 is 0.944 bits per heavy atom. The fourth-order valence-electron chi connectivity index (χ4n) is 4.52. The van der Waals surface area contributed by atoms with Gasteiger partial charge in [-0.25, -0.2) is 4.98 Å². The molecule has 8 heteroatoms. The number of Topliss-reactive ketones (excluding diaryl/α,β-unsaturated/α-hetero) is 1. The van der Waals surface area contributed by atoms with E-state index >= 15 is 0 Å². The van der Waals surface area contributed by atoms with Gasteiger partial charge in [-0.15, -0.1) is 11.3 Å². The summed E-state index contributed by atoms with van der Waals surface area (Å²) in [6, 6.07) is 17.7. The highest BCUT2D eigenvalue weighted by molar-refractivity contribution is 7.13. The predicted molar refractivity (Wildman–Crippen MR) is 146 cm³/mol. The number of nitrogens with zero attached hydrogens (tertiary/aromatic N) is 4. The molecule has 3 aromatic heterocycles. The number of thiophene rings is 1. The minimum Gasteiger partial charge on any atom is -0.368 e. The molecule has 36 heavy (non-hydrogen) atoms. The monoisotopic (exact) mass is 499 g/mol. The Labute approximate surface area is 215 Å². The van der Waals surface area contributed by atoms with E-state index in [-0.39, 0.29) is 0 Å². The van der Waals surface area contributed by atoms with Crippen LogP contribution >= 0.6 is 11.3 Å². The Bertz CT molecular complexity index is 1370. The number of amides is 1. The highest BCUT2D eigenvalue weighted by Gasteiger charge is 2.25. The van der Waals surface area contributed by atoms with E-state index in [0.29, 0.717) is 11.4 Å². The van der Waals surface area contributed by atoms with Crippen LogP contribution in [0.1, 0.15) is 21.7 Å². The van der Waals surface area contributed by atoms with Crippen LogP contribution in [0.5, 0.6) is 0 Å². The van der Waals surface area contributed by atoms with Crippen molar-refractivity contribution in [3.63, 3.8) is 0 Å². The van der Waals surface area contributed by atoms with Gasteiger partial charge in [0, 0.05) is 66.9 Å². The second kappa shape index (κ2) is 9.99. The van der Waals surface area contributed by atoms with Crippen LogP contribution in [-0.4, -0.2) is 47.4 Å². The minimum atomic E-state index is -0.638. The summed E-state index contributed by atoms with van der Waals surface area (Å²) >= 11 is 1.55. The van der Waals surface area contributed by atoms with Crippen LogP contribution < -0.4 is 15.1 Å². The van der Waals surface area contributed by atoms with E-state index in [4.69, 9.17) is 0 Å². The smallest absolute Gasteiger partial charge is 0.298 e. The van der Waals surface area contributed by atoms with E-state index in [1.54, 1.807) is 15.9 Å². The molecule has 0 bridgehead atoms. The maximum atomic E-state index is 13.1. The van der Waals surface area contributed by atoms with E-state index in [1.165, 1.54) is 0 Å². The molecule has 1 aliphatic heterocycles. The van der Waals surface area contributed by atoms with E-state index in [1.807, 2.05) is 74.9 Å². The van der Waals surface area contributed by atoms with Crippen molar-refractivity contribution in [2.45, 2.75) is 13.8 Å². The molecule has 0 atom stereocenters. The first kappa shape index (κ1) is 23.8. The summed E-state index contributed by atoms with van der Waals surface area (Å²) in [7, 11) is 1.82. The van der Waals surface area contributed by atoms with Gasteiger partial charge in [0.05, 0.1) is 0 Å². The van der Waals surface area contributed by atoms with Crippen LogP contribution in [0, 0.1) is 13.8 Å². The summed E-state index contributed by atoms with van der Waals surface area (Å²) in [6.07, 6.45) is 1.90. The molecule has 1 saturated heterocycles. The zero-order valence-electron chi connectivity index (χ0n) is 20.7. The molecule has 7 nitrogen and oxygen atoms in total. The minimum absolute atomic E-state index is 0.407. The molecular weight excluding hydrogens is 470 g/mol. The first-order valence-electron chi connectivity index (χ1n) is 12.0. The summed E-state index contributed by atoms with van der Waals surface area (Å²) < 4.78 is 1.78. The summed E-state index contributed by atoms with van der Waals surface area (Å²) in [6.45, 7) is 7.54. The van der Waals surface area contributed by atoms with Gasteiger partial charge in [0.25, 0.3) is 11.7 Å². The van der Waals surface area contributed by atoms with Crippen molar-refractivity contribution < 1.29 is 9.59 Å². The van der Waals surface area contributed by atoms with E-state index in [2.05, 4.69) is 32.2 Å². The van der Waals surface area contributed by atoms with Gasteiger partial charge in [-0.1, -0.05) is 12.1 Å². The van der Waals surface area contributed by atoms with Crippen molar-refractivity contribution in [3.05, 3.63) is 83.1 Å². The van der Waals surface area contributed by atoms with Gasteiger partial charge in [-0.2, -0.15) is 0 Å². The summed E-state index contributed by atoms with van der Waals surface area (Å²) in [5.74, 6) is -0.168. The maximum Gasteiger partial charge on any atom is 0.298 e. The average molecular weight is 500 g/mol. The molecule has 0 spiro atoms. The number of rotatable bonds is 6. The first-order valence-corrected chi connectivity index (χ1v) is 12.9. The Morgan fingerprint density at radius 2 is 1.67 bits per heavy atom. The molecular formula is C28H29N5O2S. The normalized spacial score (nSPS) is 13.6. The number of benzene rings is 1. The van der Waals surface area contributed by atoms with Crippen molar-refractivity contribution in [1.82, 2.24) is 9.55 Å². The SMILES string of the molecule is Cc1ccc(N2CCN(c3ccc(NC(=O)C(=O)c4c(-c5cccs5)cc(C)n4C)cc3)CC2)nc1. The number of aryl methyl sites for hydroxylation is 2. The fraction of sp³-hybridized carbons (Fsp3) is 0.250. The van der Waals surface area contributed by atoms with Gasteiger partial charge < -0.3 is 19.7 Å². The van der Waals surface area contributed by atoms with Gasteiger partial charge in [0.1, 0.15) is 11.5 Å². The Balaban J connectivity index is 1.23. The highest BCUT2D eigenvalue weighted by atomic mass is 32.1. The zero-order chi connectivity index (χ0) is 25.2. The second-order valence-corrected chi connectivity index (χ2v) is 10.0. The van der Waals surface area contributed by atoms with Crippen molar-refractivity contribution in [1.29, 1.82) is 0 Å². The number of carbonyl (C=O) groups excluding carboxylic acids is 2. The van der Waals surface area contributed by atoms with E-state index in [9.17, 15) is 9.59 Å². The number of nitrogens with one attached hydrogen (secondary N) is 1. The molecule has 5 rings (SSSR count). The number of carbonyl (C=O) groups is 2. The summed E-state index contributed by atoms with van der Waals surface area (Å²) in [4.78, 5) is 36.1. The first-order chi connectivity index (χ1) is 17.4. The lowest BCUT2D eigenvalue weighted by Crippen LogP contribution is -2.46. The zero-order valence-corrected chi connectivity index (χ0v) is 21.5. The Kier molecular flexibility index (Phi) is 6.61. The third-order valence-electron chi connectivity index (χ3n) is 6.67. The molecule has 184 valence electrons. The van der Waals surface area contributed by atoms with E-state index in [0.717, 1.165) is 59.4 Å². The molecule has 0 unspecified atom stereocenters. The lowest BCUT2D eigenvalue weighted by molar-refractivity contribution is -0.112. The molecule has 0 saturated carbocycles. The quantitative estimate of drug-likeness (QED) is 0.301. The topological polar surface area (TPSA) is 70.5 Å². The van der Waals surface area contributed by atoms with Crippen LogP contribution in [0.15, 0.2) is 66.2 Å². The summed E-state index contributed by atoms with van der Waals surface area (Å²) in [5, 5.41) is 4.74. The lowest BCUT2D eigenvalue weighted by Gasteiger charge is -2.36. The number of hydrogen-bond donors (Lipinski definition) is 1. The molecule has 1 N–H and O–H groups in total. The number of anilines is 3. The maximum absolute atomic E-state index is 13.1. The number of ketones is 1. The van der Waals surface area contributed by atoms with Crippen molar-refractivity contribution in [3.8, 4) is 10.4 Å². The molecule has 1 aromatic carbocycles. The number of piperazine rings is 1. The average Bonchev–Trinajstić information content (AvgIpc) is 3.53. The van der Waals surface area contributed by atoms with Gasteiger partial charge in [0.15, 0.2) is 0 Å². The van der Waals surface area contributed by atoms with E-state index < -0.39 is 11.7 Å². The van der Waals surface area contributed by atoms with Gasteiger partial charge in [-0.3, -0.25) is 9.59 Å². The van der Waals surface area contributed by atoms with Crippen LogP contribution in [0.2, 0.25) is 0 Å². The molecule has 1 amide bonds. The van der Waals surface area contributed by atoms with Gasteiger partial charge in [0.2, 0.25) is 0 Å². The third-order valence-corrected chi connectivity index (χ3v) is 7.57. The third kappa shape index (κ3) is 4.77. The Morgan fingerprint density at radius 3 is 2.31 bits per heavy atom. The van der Waals surface area contributed by atoms with Crippen molar-refractivity contribution >= 4 is 40.2 Å². The standard InChI is InChI=1S/C28H29N5O2S/c1-19-6-11-25(29-18-19)33-14-12-32(13-15-33)22-9-7-21(8-10-22)30-28(35)27(34)26-23(17-20(2)31(26)3)24-5-4-16-36-24/h4-11,16-18H,12-15H2,1-3H3,(H,30,35). The number of aromatic nitrogens is 2. The predicted octanol–water partition coefficient (Wildman–Crippen LogP) is 4.91.